The Kier molecular flexibility index (Phi) is 2.63. The average molecular weight is 235 g/mol. The van der Waals surface area contributed by atoms with Gasteiger partial charge in [-0.2, -0.15) is 0 Å². The van der Waals surface area contributed by atoms with E-state index in [-0.39, 0.29) is 5.91 Å². The van der Waals surface area contributed by atoms with Gasteiger partial charge in [0, 0.05) is 13.1 Å². The summed E-state index contributed by atoms with van der Waals surface area (Å²) in [4.78, 5) is 14.3. The van der Waals surface area contributed by atoms with Gasteiger partial charge >= 0.3 is 0 Å². The predicted octanol–water partition coefficient (Wildman–Crippen LogP) is 0.665. The fraction of sp³-hybridized carbons (Fsp3) is 0.667. The normalized spacial score (nSPS) is 28.2. The van der Waals surface area contributed by atoms with Gasteiger partial charge in [-0.1, -0.05) is 5.16 Å². The third-order valence-electron chi connectivity index (χ3n) is 3.76. The quantitative estimate of drug-likeness (QED) is 0.777. The van der Waals surface area contributed by atoms with Crippen LogP contribution in [0.25, 0.3) is 0 Å². The van der Waals surface area contributed by atoms with E-state index in [1.54, 1.807) is 0 Å². The lowest BCUT2D eigenvalue weighted by Gasteiger charge is -2.41. The van der Waals surface area contributed by atoms with Crippen LogP contribution < -0.4 is 5.32 Å². The number of aryl methyl sites for hydroxylation is 1. The minimum Gasteiger partial charge on any atom is -0.364 e. The number of hydrogen-bond acceptors (Lipinski definition) is 4. The summed E-state index contributed by atoms with van der Waals surface area (Å²) in [5.74, 6) is 1.28. The lowest BCUT2D eigenvalue weighted by atomic mass is 9.85. The van der Waals surface area contributed by atoms with Crippen LogP contribution in [0.15, 0.2) is 10.8 Å². The molecule has 5 heteroatoms. The van der Waals surface area contributed by atoms with Crippen molar-refractivity contribution in [1.29, 1.82) is 0 Å². The first-order valence-corrected chi connectivity index (χ1v) is 6.15. The summed E-state index contributed by atoms with van der Waals surface area (Å²) in [6.07, 6.45) is 2.71. The minimum atomic E-state index is 0.0698. The van der Waals surface area contributed by atoms with Gasteiger partial charge in [-0.3, -0.25) is 4.79 Å². The van der Waals surface area contributed by atoms with Crippen molar-refractivity contribution in [2.24, 2.45) is 11.8 Å². The molecule has 0 spiro atoms. The SMILES string of the molecule is Cc1nocc1C(=O)N1CC2CNCC(C2)C1. The number of likely N-dealkylation sites (tertiary alicyclic amines) is 1. The summed E-state index contributed by atoms with van der Waals surface area (Å²) >= 11 is 0. The zero-order chi connectivity index (χ0) is 11.8. The largest absolute Gasteiger partial charge is 0.364 e. The van der Waals surface area contributed by atoms with Crippen molar-refractivity contribution in [3.63, 3.8) is 0 Å². The van der Waals surface area contributed by atoms with Crippen molar-refractivity contribution >= 4 is 5.91 Å². The Morgan fingerprint density at radius 1 is 1.47 bits per heavy atom. The number of amides is 1. The second-order valence-electron chi connectivity index (χ2n) is 5.15. The Balaban J connectivity index is 1.76. The summed E-state index contributed by atoms with van der Waals surface area (Å²) in [6.45, 7) is 5.58. The molecule has 2 saturated heterocycles. The fourth-order valence-electron chi connectivity index (χ4n) is 2.94. The summed E-state index contributed by atoms with van der Waals surface area (Å²) < 4.78 is 4.84. The topological polar surface area (TPSA) is 58.4 Å². The molecule has 0 radical (unpaired) electrons. The molecule has 3 rings (SSSR count). The van der Waals surface area contributed by atoms with Crippen LogP contribution in [0.1, 0.15) is 22.5 Å². The molecule has 1 amide bonds. The highest BCUT2D eigenvalue weighted by Gasteiger charge is 2.33. The molecule has 1 aromatic heterocycles. The molecule has 2 unspecified atom stereocenters. The second-order valence-corrected chi connectivity index (χ2v) is 5.15. The van der Waals surface area contributed by atoms with Crippen LogP contribution >= 0.6 is 0 Å². The van der Waals surface area contributed by atoms with Gasteiger partial charge in [0.05, 0.1) is 5.69 Å². The number of piperidine rings is 2. The van der Waals surface area contributed by atoms with E-state index in [4.69, 9.17) is 4.52 Å². The van der Waals surface area contributed by atoms with Crippen molar-refractivity contribution < 1.29 is 9.32 Å². The van der Waals surface area contributed by atoms with E-state index in [0.717, 1.165) is 26.2 Å². The van der Waals surface area contributed by atoms with Crippen LogP contribution in [0.4, 0.5) is 0 Å². The zero-order valence-corrected chi connectivity index (χ0v) is 9.98. The van der Waals surface area contributed by atoms with Crippen LogP contribution in [-0.2, 0) is 0 Å². The van der Waals surface area contributed by atoms with E-state index >= 15 is 0 Å². The van der Waals surface area contributed by atoms with Crippen LogP contribution in [-0.4, -0.2) is 42.1 Å². The highest BCUT2D eigenvalue weighted by atomic mass is 16.5. The molecule has 5 nitrogen and oxygen atoms in total. The van der Waals surface area contributed by atoms with E-state index in [2.05, 4.69) is 10.5 Å². The molecule has 0 aromatic carbocycles. The smallest absolute Gasteiger partial charge is 0.259 e. The second kappa shape index (κ2) is 4.14. The summed E-state index contributed by atoms with van der Waals surface area (Å²) in [5, 5.41) is 7.19. The summed E-state index contributed by atoms with van der Waals surface area (Å²) in [5.41, 5.74) is 1.29. The monoisotopic (exact) mass is 235 g/mol. The number of carbonyl (C=O) groups is 1. The van der Waals surface area contributed by atoms with E-state index in [9.17, 15) is 4.79 Å². The number of nitrogens with one attached hydrogen (secondary N) is 1. The van der Waals surface area contributed by atoms with Crippen molar-refractivity contribution in [2.45, 2.75) is 13.3 Å². The number of carbonyl (C=O) groups excluding carboxylic acids is 1. The minimum absolute atomic E-state index is 0.0698. The molecule has 0 saturated carbocycles. The molecule has 2 aliphatic rings. The molecule has 3 heterocycles. The van der Waals surface area contributed by atoms with Crippen molar-refractivity contribution in [3.8, 4) is 0 Å². The molecular weight excluding hydrogens is 218 g/mol. The van der Waals surface area contributed by atoms with Crippen molar-refractivity contribution in [2.75, 3.05) is 26.2 Å². The van der Waals surface area contributed by atoms with Crippen LogP contribution in [0.3, 0.4) is 0 Å². The zero-order valence-electron chi connectivity index (χ0n) is 9.98. The molecule has 0 aliphatic carbocycles. The number of hydrogen-bond donors (Lipinski definition) is 1. The van der Waals surface area contributed by atoms with Gasteiger partial charge in [0.1, 0.15) is 11.8 Å². The number of fused-ring (bicyclic) bond motifs is 2. The van der Waals surface area contributed by atoms with E-state index in [1.165, 1.54) is 12.7 Å². The highest BCUT2D eigenvalue weighted by Crippen LogP contribution is 2.25. The van der Waals surface area contributed by atoms with Gasteiger partial charge in [0.25, 0.3) is 5.91 Å². The predicted molar refractivity (Wildman–Crippen MR) is 61.6 cm³/mol. The Morgan fingerprint density at radius 2 is 2.18 bits per heavy atom. The first-order valence-electron chi connectivity index (χ1n) is 6.15. The maximum Gasteiger partial charge on any atom is 0.259 e. The number of rotatable bonds is 1. The van der Waals surface area contributed by atoms with E-state index in [1.807, 2.05) is 11.8 Å². The van der Waals surface area contributed by atoms with Gasteiger partial charge < -0.3 is 14.7 Å². The molecule has 2 aliphatic heterocycles. The molecular formula is C12H17N3O2. The molecule has 92 valence electrons. The molecule has 2 fully saturated rings. The van der Waals surface area contributed by atoms with Gasteiger partial charge in [0.15, 0.2) is 0 Å². The van der Waals surface area contributed by atoms with Crippen LogP contribution in [0.5, 0.6) is 0 Å². The van der Waals surface area contributed by atoms with Gasteiger partial charge in [-0.25, -0.2) is 0 Å². The van der Waals surface area contributed by atoms with Gasteiger partial charge in [0.2, 0.25) is 0 Å². The Bertz CT molecular complexity index is 417. The maximum absolute atomic E-state index is 12.3. The number of aromatic nitrogens is 1. The summed E-state index contributed by atoms with van der Waals surface area (Å²) in [7, 11) is 0. The van der Waals surface area contributed by atoms with E-state index < -0.39 is 0 Å². The average Bonchev–Trinajstić information content (AvgIpc) is 2.74. The van der Waals surface area contributed by atoms with Crippen LogP contribution in [0, 0.1) is 18.8 Å². The fourth-order valence-corrected chi connectivity index (χ4v) is 2.94. The molecule has 2 bridgehead atoms. The third kappa shape index (κ3) is 1.95. The number of nitrogens with zero attached hydrogens (tertiary/aromatic N) is 2. The maximum atomic E-state index is 12.3. The third-order valence-corrected chi connectivity index (χ3v) is 3.76. The van der Waals surface area contributed by atoms with Crippen LogP contribution in [0.2, 0.25) is 0 Å². The molecule has 1 N–H and O–H groups in total. The van der Waals surface area contributed by atoms with Crippen molar-refractivity contribution in [3.05, 3.63) is 17.5 Å². The van der Waals surface area contributed by atoms with Gasteiger partial charge in [-0.15, -0.1) is 0 Å². The Hall–Kier alpha value is -1.36. The molecule has 1 aromatic rings. The lowest BCUT2D eigenvalue weighted by molar-refractivity contribution is 0.0536. The highest BCUT2D eigenvalue weighted by molar-refractivity contribution is 5.94. The van der Waals surface area contributed by atoms with Gasteiger partial charge in [-0.05, 0) is 38.3 Å². The van der Waals surface area contributed by atoms with E-state index in [0.29, 0.717) is 23.1 Å². The standard InChI is InChI=1S/C12H17N3O2/c1-8-11(7-17-14-8)12(16)15-5-9-2-10(6-15)4-13-3-9/h7,9-10,13H,2-6H2,1H3. The first kappa shape index (κ1) is 10.8. The first-order chi connectivity index (χ1) is 8.24. The Labute approximate surface area is 100 Å². The summed E-state index contributed by atoms with van der Waals surface area (Å²) in [6, 6.07) is 0. The lowest BCUT2D eigenvalue weighted by Crippen LogP contribution is -2.52. The van der Waals surface area contributed by atoms with Crippen molar-refractivity contribution in [1.82, 2.24) is 15.4 Å². The Morgan fingerprint density at radius 3 is 2.76 bits per heavy atom. The molecule has 17 heavy (non-hydrogen) atoms. The molecule has 2 atom stereocenters.